The predicted octanol–water partition coefficient (Wildman–Crippen LogP) is 2.55. The number of rotatable bonds is 0. The quantitative estimate of drug-likeness (QED) is 0.478. The Morgan fingerprint density at radius 1 is 1.00 bits per heavy atom. The first kappa shape index (κ1) is 9.44. The maximum atomic E-state index is 11.9. The summed E-state index contributed by atoms with van der Waals surface area (Å²) in [5.74, 6) is 0.328. The van der Waals surface area contributed by atoms with E-state index in [1.165, 1.54) is 32.1 Å². The largest absolute Gasteiger partial charge is 0.349 e. The Labute approximate surface area is 91.1 Å². The van der Waals surface area contributed by atoms with E-state index in [1.54, 1.807) is 0 Å². The number of allylic oxidation sites excluding steroid dienone is 1. The van der Waals surface area contributed by atoms with Crippen LogP contribution >= 0.6 is 0 Å². The molecule has 0 aromatic heterocycles. The summed E-state index contributed by atoms with van der Waals surface area (Å²) in [7, 11) is 0. The van der Waals surface area contributed by atoms with Gasteiger partial charge in [-0.05, 0) is 25.7 Å². The fourth-order valence-corrected chi connectivity index (χ4v) is 3.78. The third-order valence-electron chi connectivity index (χ3n) is 4.76. The predicted molar refractivity (Wildman–Crippen MR) is 59.4 cm³/mol. The number of β-lactam (4-membered cyclic amide) rings is 1. The third kappa shape index (κ3) is 1.08. The van der Waals surface area contributed by atoms with Gasteiger partial charge in [-0.3, -0.25) is 4.79 Å². The molecule has 1 saturated heterocycles. The van der Waals surface area contributed by atoms with E-state index in [2.05, 4.69) is 17.5 Å². The van der Waals surface area contributed by atoms with E-state index in [9.17, 15) is 4.79 Å². The molecule has 2 atom stereocenters. The zero-order chi connectivity index (χ0) is 10.4. The Hall–Kier alpha value is -0.790. The fourth-order valence-electron chi connectivity index (χ4n) is 3.78. The Kier molecular flexibility index (Phi) is 1.95. The molecule has 2 heteroatoms. The minimum Gasteiger partial charge on any atom is -0.349 e. The van der Waals surface area contributed by atoms with Crippen molar-refractivity contribution in [2.45, 2.75) is 56.9 Å². The highest BCUT2D eigenvalue weighted by atomic mass is 16.2. The van der Waals surface area contributed by atoms with Crippen LogP contribution in [-0.4, -0.2) is 11.4 Å². The highest BCUT2D eigenvalue weighted by Crippen LogP contribution is 2.55. The van der Waals surface area contributed by atoms with E-state index in [4.69, 9.17) is 0 Å². The molecule has 0 bridgehead atoms. The molecule has 3 aliphatic rings. The van der Waals surface area contributed by atoms with E-state index in [0.717, 1.165) is 19.3 Å². The molecule has 0 aromatic carbocycles. The molecule has 2 fully saturated rings. The average Bonchev–Trinajstić information content (AvgIpc) is 2.20. The van der Waals surface area contributed by atoms with E-state index in [0.29, 0.717) is 5.91 Å². The lowest BCUT2D eigenvalue weighted by Crippen LogP contribution is -2.77. The maximum absolute atomic E-state index is 11.9. The second-order valence-electron chi connectivity index (χ2n) is 5.41. The SMILES string of the molecule is O=C1N[C@]23CC=CC[C@]12CCCCCC3. The Bertz CT molecular complexity index is 322. The summed E-state index contributed by atoms with van der Waals surface area (Å²) in [6, 6.07) is 0. The van der Waals surface area contributed by atoms with E-state index >= 15 is 0 Å². The Balaban J connectivity index is 1.96. The molecule has 1 saturated carbocycles. The van der Waals surface area contributed by atoms with E-state index in [1.807, 2.05) is 0 Å². The van der Waals surface area contributed by atoms with Crippen molar-refractivity contribution in [2.75, 3.05) is 0 Å². The number of nitrogens with one attached hydrogen (secondary N) is 1. The number of hydrogen-bond acceptors (Lipinski definition) is 1. The van der Waals surface area contributed by atoms with Crippen molar-refractivity contribution in [2.24, 2.45) is 5.41 Å². The van der Waals surface area contributed by atoms with Crippen LogP contribution in [0.15, 0.2) is 12.2 Å². The van der Waals surface area contributed by atoms with Crippen molar-refractivity contribution in [1.82, 2.24) is 5.32 Å². The molecule has 1 amide bonds. The van der Waals surface area contributed by atoms with Gasteiger partial charge in [0, 0.05) is 0 Å². The first-order chi connectivity index (χ1) is 7.29. The topological polar surface area (TPSA) is 29.1 Å². The van der Waals surface area contributed by atoms with E-state index < -0.39 is 0 Å². The number of amides is 1. The van der Waals surface area contributed by atoms with Gasteiger partial charge in [0.05, 0.1) is 11.0 Å². The van der Waals surface area contributed by atoms with Gasteiger partial charge >= 0.3 is 0 Å². The minimum atomic E-state index is -0.0117. The molecule has 0 aromatic rings. The van der Waals surface area contributed by atoms with Crippen LogP contribution in [0, 0.1) is 5.41 Å². The monoisotopic (exact) mass is 205 g/mol. The highest BCUT2D eigenvalue weighted by Gasteiger charge is 2.64. The third-order valence-corrected chi connectivity index (χ3v) is 4.76. The van der Waals surface area contributed by atoms with Crippen LogP contribution in [0.5, 0.6) is 0 Å². The van der Waals surface area contributed by atoms with Gasteiger partial charge in [0.2, 0.25) is 5.91 Å². The molecule has 1 heterocycles. The molecule has 82 valence electrons. The first-order valence-corrected chi connectivity index (χ1v) is 6.27. The molecule has 2 aliphatic carbocycles. The van der Waals surface area contributed by atoms with Crippen molar-refractivity contribution in [1.29, 1.82) is 0 Å². The van der Waals surface area contributed by atoms with Gasteiger partial charge in [-0.25, -0.2) is 0 Å². The molecule has 2 nitrogen and oxygen atoms in total. The van der Waals surface area contributed by atoms with Crippen LogP contribution in [-0.2, 0) is 4.79 Å². The van der Waals surface area contributed by atoms with Crippen LogP contribution in [0.4, 0.5) is 0 Å². The number of carbonyl (C=O) groups excluding carboxylic acids is 1. The Morgan fingerprint density at radius 2 is 1.73 bits per heavy atom. The van der Waals surface area contributed by atoms with Gasteiger partial charge < -0.3 is 5.32 Å². The van der Waals surface area contributed by atoms with Crippen LogP contribution in [0.2, 0.25) is 0 Å². The van der Waals surface area contributed by atoms with Gasteiger partial charge in [0.25, 0.3) is 0 Å². The lowest BCUT2D eigenvalue weighted by atomic mass is 9.52. The molecule has 0 unspecified atom stereocenters. The van der Waals surface area contributed by atoms with Crippen molar-refractivity contribution in [3.8, 4) is 0 Å². The highest BCUT2D eigenvalue weighted by molar-refractivity contribution is 5.92. The molecule has 3 rings (SSSR count). The van der Waals surface area contributed by atoms with Gasteiger partial charge in [0.1, 0.15) is 0 Å². The molecule has 0 spiro atoms. The molecular weight excluding hydrogens is 186 g/mol. The maximum Gasteiger partial charge on any atom is 0.229 e. The molecule has 0 radical (unpaired) electrons. The van der Waals surface area contributed by atoms with Crippen LogP contribution < -0.4 is 5.32 Å². The normalized spacial score (nSPS) is 44.1. The minimum absolute atomic E-state index is 0.0117. The summed E-state index contributed by atoms with van der Waals surface area (Å²) in [6.07, 6.45) is 14.0. The molecule has 1 N–H and O–H groups in total. The van der Waals surface area contributed by atoms with Crippen LogP contribution in [0.1, 0.15) is 51.4 Å². The molecule has 15 heavy (non-hydrogen) atoms. The lowest BCUT2D eigenvalue weighted by Gasteiger charge is -2.61. The standard InChI is InChI=1S/C13H19NO/c15-11-12-7-3-1-2-4-9-13(12,14-11)10-6-5-8-12/h5-6H,1-4,7-10H2,(H,14,15)/t12-,13-/m1/s1. The summed E-state index contributed by atoms with van der Waals surface area (Å²) in [5.41, 5.74) is 0.140. The van der Waals surface area contributed by atoms with Crippen molar-refractivity contribution >= 4 is 5.91 Å². The molecular formula is C13H19NO. The zero-order valence-electron chi connectivity index (χ0n) is 9.22. The second-order valence-corrected chi connectivity index (χ2v) is 5.41. The van der Waals surface area contributed by atoms with E-state index in [-0.39, 0.29) is 11.0 Å². The van der Waals surface area contributed by atoms with Crippen molar-refractivity contribution in [3.05, 3.63) is 12.2 Å². The zero-order valence-corrected chi connectivity index (χ0v) is 9.22. The van der Waals surface area contributed by atoms with Crippen molar-refractivity contribution < 1.29 is 4.79 Å². The second kappa shape index (κ2) is 3.10. The lowest BCUT2D eigenvalue weighted by molar-refractivity contribution is -0.160. The summed E-state index contributed by atoms with van der Waals surface area (Å²) in [4.78, 5) is 11.9. The summed E-state index contributed by atoms with van der Waals surface area (Å²) in [6.45, 7) is 0. The van der Waals surface area contributed by atoms with Crippen LogP contribution in [0.25, 0.3) is 0 Å². The number of carbonyl (C=O) groups is 1. The van der Waals surface area contributed by atoms with Gasteiger partial charge in [-0.2, -0.15) is 0 Å². The van der Waals surface area contributed by atoms with Gasteiger partial charge in [-0.15, -0.1) is 0 Å². The Morgan fingerprint density at radius 3 is 2.53 bits per heavy atom. The van der Waals surface area contributed by atoms with Crippen molar-refractivity contribution in [3.63, 3.8) is 0 Å². The summed E-state index contributed by atoms with van der Waals surface area (Å²) in [5, 5.41) is 3.23. The average molecular weight is 205 g/mol. The van der Waals surface area contributed by atoms with Gasteiger partial charge in [-0.1, -0.05) is 37.8 Å². The number of hydrogen-bond donors (Lipinski definition) is 1. The van der Waals surface area contributed by atoms with Gasteiger partial charge in [0.15, 0.2) is 0 Å². The summed E-state index contributed by atoms with van der Waals surface area (Å²) < 4.78 is 0. The smallest absolute Gasteiger partial charge is 0.229 e. The summed E-state index contributed by atoms with van der Waals surface area (Å²) >= 11 is 0. The fraction of sp³-hybridized carbons (Fsp3) is 0.769. The van der Waals surface area contributed by atoms with Crippen LogP contribution in [0.3, 0.4) is 0 Å². The first-order valence-electron chi connectivity index (χ1n) is 6.27. The molecule has 1 aliphatic heterocycles.